The SMILES string of the molecule is CCCn1nc(C(=O)N2CCC(C(=O)OCC)CC2)ccc1=O. The van der Waals surface area contributed by atoms with Gasteiger partial charge in [-0.1, -0.05) is 6.92 Å². The standard InChI is InChI=1S/C16H23N3O4/c1-3-9-19-14(20)6-5-13(17-19)15(21)18-10-7-12(8-11-18)16(22)23-4-2/h5-6,12H,3-4,7-11H2,1-2H3. The van der Waals surface area contributed by atoms with E-state index in [1.165, 1.54) is 16.8 Å². The highest BCUT2D eigenvalue weighted by Gasteiger charge is 2.29. The van der Waals surface area contributed by atoms with Gasteiger partial charge in [-0.15, -0.1) is 0 Å². The number of amides is 1. The van der Waals surface area contributed by atoms with Crippen molar-refractivity contribution in [3.05, 3.63) is 28.2 Å². The summed E-state index contributed by atoms with van der Waals surface area (Å²) < 4.78 is 6.34. The highest BCUT2D eigenvalue weighted by molar-refractivity contribution is 5.92. The van der Waals surface area contributed by atoms with Gasteiger partial charge in [0.25, 0.3) is 11.5 Å². The Balaban J connectivity index is 2.01. The number of hydrogen-bond donors (Lipinski definition) is 0. The molecule has 23 heavy (non-hydrogen) atoms. The van der Waals surface area contributed by atoms with Crippen LogP contribution in [-0.4, -0.2) is 46.3 Å². The number of ether oxygens (including phenoxy) is 1. The molecule has 0 saturated carbocycles. The molecule has 1 saturated heterocycles. The van der Waals surface area contributed by atoms with Crippen molar-refractivity contribution < 1.29 is 14.3 Å². The first kappa shape index (κ1) is 17.2. The van der Waals surface area contributed by atoms with Gasteiger partial charge in [-0.2, -0.15) is 5.10 Å². The van der Waals surface area contributed by atoms with Crippen molar-refractivity contribution >= 4 is 11.9 Å². The fourth-order valence-corrected chi connectivity index (χ4v) is 2.68. The molecule has 0 N–H and O–H groups in total. The second-order valence-corrected chi connectivity index (χ2v) is 5.60. The van der Waals surface area contributed by atoms with Gasteiger partial charge in [-0.05, 0) is 32.3 Å². The number of carbonyl (C=O) groups excluding carboxylic acids is 2. The number of esters is 1. The zero-order chi connectivity index (χ0) is 16.8. The molecule has 1 aliphatic rings. The molecule has 0 atom stereocenters. The molecule has 7 heteroatoms. The zero-order valence-electron chi connectivity index (χ0n) is 13.7. The van der Waals surface area contributed by atoms with Crippen molar-refractivity contribution in [2.45, 2.75) is 39.7 Å². The minimum atomic E-state index is -0.204. The van der Waals surface area contributed by atoms with E-state index in [1.54, 1.807) is 11.8 Å². The molecule has 0 aliphatic carbocycles. The van der Waals surface area contributed by atoms with Crippen LogP contribution in [0.3, 0.4) is 0 Å². The molecule has 126 valence electrons. The molecule has 1 aliphatic heterocycles. The number of aryl methyl sites for hydroxylation is 1. The third-order valence-electron chi connectivity index (χ3n) is 3.92. The van der Waals surface area contributed by atoms with E-state index in [4.69, 9.17) is 4.74 Å². The van der Waals surface area contributed by atoms with Crippen LogP contribution in [0, 0.1) is 5.92 Å². The first-order valence-corrected chi connectivity index (χ1v) is 8.10. The number of carbonyl (C=O) groups is 2. The van der Waals surface area contributed by atoms with Crippen LogP contribution in [-0.2, 0) is 16.1 Å². The fraction of sp³-hybridized carbons (Fsp3) is 0.625. The summed E-state index contributed by atoms with van der Waals surface area (Å²) in [5, 5.41) is 4.14. The molecule has 0 radical (unpaired) electrons. The molecule has 0 spiro atoms. The molecule has 1 aromatic heterocycles. The van der Waals surface area contributed by atoms with Crippen LogP contribution >= 0.6 is 0 Å². The number of likely N-dealkylation sites (tertiary alicyclic amines) is 1. The van der Waals surface area contributed by atoms with Gasteiger partial charge >= 0.3 is 5.97 Å². The highest BCUT2D eigenvalue weighted by atomic mass is 16.5. The summed E-state index contributed by atoms with van der Waals surface area (Å²) in [6.07, 6.45) is 1.97. The summed E-state index contributed by atoms with van der Waals surface area (Å²) in [7, 11) is 0. The molecular formula is C16H23N3O4. The van der Waals surface area contributed by atoms with Gasteiger partial charge < -0.3 is 9.64 Å². The lowest BCUT2D eigenvalue weighted by atomic mass is 9.97. The van der Waals surface area contributed by atoms with Gasteiger partial charge in [0.15, 0.2) is 0 Å². The zero-order valence-corrected chi connectivity index (χ0v) is 13.7. The summed E-state index contributed by atoms with van der Waals surface area (Å²) in [5.74, 6) is -0.521. The van der Waals surface area contributed by atoms with Gasteiger partial charge in [0, 0.05) is 25.7 Å². The minimum Gasteiger partial charge on any atom is -0.466 e. The average Bonchev–Trinajstić information content (AvgIpc) is 2.57. The lowest BCUT2D eigenvalue weighted by molar-refractivity contribution is -0.149. The Morgan fingerprint density at radius 3 is 2.57 bits per heavy atom. The molecule has 7 nitrogen and oxygen atoms in total. The van der Waals surface area contributed by atoms with Crippen molar-refractivity contribution in [2.75, 3.05) is 19.7 Å². The normalized spacial score (nSPS) is 15.5. The maximum Gasteiger partial charge on any atom is 0.309 e. The summed E-state index contributed by atoms with van der Waals surface area (Å²) >= 11 is 0. The summed E-state index contributed by atoms with van der Waals surface area (Å²) in [6, 6.07) is 2.84. The molecule has 1 fully saturated rings. The van der Waals surface area contributed by atoms with Crippen molar-refractivity contribution in [1.29, 1.82) is 0 Å². The van der Waals surface area contributed by atoms with E-state index in [9.17, 15) is 14.4 Å². The molecule has 2 rings (SSSR count). The van der Waals surface area contributed by atoms with E-state index < -0.39 is 0 Å². The Hall–Kier alpha value is -2.18. The molecule has 2 heterocycles. The molecule has 0 aromatic carbocycles. The van der Waals surface area contributed by atoms with Gasteiger partial charge in [0.2, 0.25) is 0 Å². The molecule has 0 bridgehead atoms. The van der Waals surface area contributed by atoms with E-state index in [2.05, 4.69) is 5.10 Å². The summed E-state index contributed by atoms with van der Waals surface area (Å²) in [6.45, 7) is 5.59. The molecule has 1 aromatic rings. The first-order valence-electron chi connectivity index (χ1n) is 8.10. The molecule has 1 amide bonds. The largest absolute Gasteiger partial charge is 0.466 e. The van der Waals surface area contributed by atoms with Crippen molar-refractivity contribution in [1.82, 2.24) is 14.7 Å². The molecule has 0 unspecified atom stereocenters. The van der Waals surface area contributed by atoms with E-state index in [0.717, 1.165) is 6.42 Å². The summed E-state index contributed by atoms with van der Waals surface area (Å²) in [5.41, 5.74) is 0.0667. The van der Waals surface area contributed by atoms with Crippen molar-refractivity contribution in [3.8, 4) is 0 Å². The van der Waals surface area contributed by atoms with Crippen LogP contribution in [0.2, 0.25) is 0 Å². The predicted octanol–water partition coefficient (Wildman–Crippen LogP) is 1.07. The first-order chi connectivity index (χ1) is 11.1. The van der Waals surface area contributed by atoms with Crippen LogP contribution in [0.4, 0.5) is 0 Å². The second kappa shape index (κ2) is 7.89. The van der Waals surface area contributed by atoms with E-state index in [1.807, 2.05) is 6.92 Å². The second-order valence-electron chi connectivity index (χ2n) is 5.60. The van der Waals surface area contributed by atoms with Crippen LogP contribution in [0.15, 0.2) is 16.9 Å². The molecular weight excluding hydrogens is 298 g/mol. The number of piperidine rings is 1. The Labute approximate surface area is 135 Å². The van der Waals surface area contributed by atoms with Crippen LogP contribution in [0.5, 0.6) is 0 Å². The number of rotatable bonds is 5. The Morgan fingerprint density at radius 1 is 1.26 bits per heavy atom. The van der Waals surface area contributed by atoms with E-state index in [-0.39, 0.29) is 29.0 Å². The minimum absolute atomic E-state index is 0.138. The van der Waals surface area contributed by atoms with Crippen molar-refractivity contribution in [3.63, 3.8) is 0 Å². The van der Waals surface area contributed by atoms with Crippen LogP contribution < -0.4 is 5.56 Å². The predicted molar refractivity (Wildman–Crippen MR) is 84.0 cm³/mol. The van der Waals surface area contributed by atoms with Crippen LogP contribution in [0.1, 0.15) is 43.6 Å². The topological polar surface area (TPSA) is 81.5 Å². The highest BCUT2D eigenvalue weighted by Crippen LogP contribution is 2.19. The van der Waals surface area contributed by atoms with E-state index >= 15 is 0 Å². The number of aromatic nitrogens is 2. The fourth-order valence-electron chi connectivity index (χ4n) is 2.68. The lowest BCUT2D eigenvalue weighted by Gasteiger charge is -2.30. The van der Waals surface area contributed by atoms with Crippen LogP contribution in [0.25, 0.3) is 0 Å². The Morgan fingerprint density at radius 2 is 1.96 bits per heavy atom. The maximum atomic E-state index is 12.5. The van der Waals surface area contributed by atoms with Gasteiger partial charge in [-0.3, -0.25) is 14.4 Å². The van der Waals surface area contributed by atoms with Gasteiger partial charge in [-0.25, -0.2) is 4.68 Å². The van der Waals surface area contributed by atoms with Gasteiger partial charge in [0.1, 0.15) is 5.69 Å². The Bertz CT molecular complexity index is 618. The third kappa shape index (κ3) is 4.18. The summed E-state index contributed by atoms with van der Waals surface area (Å²) in [4.78, 5) is 37.6. The quantitative estimate of drug-likeness (QED) is 0.758. The third-order valence-corrected chi connectivity index (χ3v) is 3.92. The maximum absolute atomic E-state index is 12.5. The van der Waals surface area contributed by atoms with Gasteiger partial charge in [0.05, 0.1) is 12.5 Å². The lowest BCUT2D eigenvalue weighted by Crippen LogP contribution is -2.41. The average molecular weight is 321 g/mol. The van der Waals surface area contributed by atoms with Crippen molar-refractivity contribution in [2.24, 2.45) is 5.92 Å². The van der Waals surface area contributed by atoms with E-state index in [0.29, 0.717) is 39.1 Å². The smallest absolute Gasteiger partial charge is 0.309 e. The Kier molecular flexibility index (Phi) is 5.90. The number of hydrogen-bond acceptors (Lipinski definition) is 5. The number of nitrogens with zero attached hydrogens (tertiary/aromatic N) is 3. The monoisotopic (exact) mass is 321 g/mol.